The first-order chi connectivity index (χ1) is 10.1. The number of halogens is 1. The number of carbonyl (C=O) groups is 2. The number of hydrogen-bond donors (Lipinski definition) is 3. The normalized spacial score (nSPS) is 22.0. The molecule has 1 aliphatic carbocycles. The minimum Gasteiger partial charge on any atom is -0.501 e. The van der Waals surface area contributed by atoms with E-state index in [4.69, 9.17) is 16.7 Å². The van der Waals surface area contributed by atoms with Crippen LogP contribution in [0.4, 0.5) is 11.4 Å². The molecule has 0 aliphatic heterocycles. The fraction of sp³-hybridized carbons (Fsp3) is 0.385. The van der Waals surface area contributed by atoms with Crippen molar-refractivity contribution in [3.05, 3.63) is 27.3 Å². The molecule has 1 aromatic carbocycles. The molecule has 2 atom stereocenters. The lowest BCUT2D eigenvalue weighted by Gasteiger charge is -2.09. The minimum absolute atomic E-state index is 0.0374. The number of amides is 1. The zero-order chi connectivity index (χ0) is 16.8. The van der Waals surface area contributed by atoms with Crippen molar-refractivity contribution in [2.75, 3.05) is 5.32 Å². The summed E-state index contributed by atoms with van der Waals surface area (Å²) in [6.07, 6.45) is 0. The average molecular weight is 329 g/mol. The van der Waals surface area contributed by atoms with Gasteiger partial charge in [-0.25, -0.2) is 0 Å². The van der Waals surface area contributed by atoms with Crippen molar-refractivity contribution in [1.29, 1.82) is 0 Å². The van der Waals surface area contributed by atoms with Gasteiger partial charge in [-0.15, -0.1) is 0 Å². The largest absolute Gasteiger partial charge is 0.501 e. The lowest BCUT2D eigenvalue weighted by Crippen LogP contribution is -2.18. The second-order valence-electron chi connectivity index (χ2n) is 5.68. The first-order valence-corrected chi connectivity index (χ1v) is 6.65. The summed E-state index contributed by atoms with van der Waals surface area (Å²) in [5.74, 6) is -4.09. The monoisotopic (exact) mass is 328 g/mol. The van der Waals surface area contributed by atoms with E-state index in [9.17, 15) is 24.8 Å². The fourth-order valence-electron chi connectivity index (χ4n) is 2.62. The number of nitro benzene ring substituents is 1. The maximum atomic E-state index is 12.2. The topological polar surface area (TPSA) is 130 Å². The fourth-order valence-corrected chi connectivity index (χ4v) is 2.83. The van der Waals surface area contributed by atoms with Gasteiger partial charge in [-0.1, -0.05) is 25.4 Å². The van der Waals surface area contributed by atoms with Crippen LogP contribution in [-0.4, -0.2) is 27.0 Å². The van der Waals surface area contributed by atoms with Gasteiger partial charge >= 0.3 is 11.7 Å². The van der Waals surface area contributed by atoms with Gasteiger partial charge in [-0.3, -0.25) is 19.7 Å². The van der Waals surface area contributed by atoms with Gasteiger partial charge in [0.25, 0.3) is 0 Å². The van der Waals surface area contributed by atoms with Gasteiger partial charge in [0.2, 0.25) is 11.7 Å². The van der Waals surface area contributed by atoms with Crippen LogP contribution in [0.5, 0.6) is 5.75 Å². The molecule has 118 valence electrons. The van der Waals surface area contributed by atoms with Gasteiger partial charge in [0.1, 0.15) is 0 Å². The predicted molar refractivity (Wildman–Crippen MR) is 76.8 cm³/mol. The molecule has 9 heteroatoms. The number of nitrogens with zero attached hydrogens (tertiary/aromatic N) is 1. The zero-order valence-corrected chi connectivity index (χ0v) is 12.4. The standard InChI is InChI=1S/C13H13ClN2O6/c1-13(2)8(9(13)12(19)20)11(18)15-6-3-5(14)4-7(10(6)17)16(21)22/h3-4,8-9,17H,1-2H3,(H,15,18)(H,19,20)/t8-,9+/m1/s1. The number of carboxylic acid groups (broad SMARTS) is 1. The lowest BCUT2D eigenvalue weighted by atomic mass is 10.1. The van der Waals surface area contributed by atoms with E-state index in [0.717, 1.165) is 12.1 Å². The summed E-state index contributed by atoms with van der Waals surface area (Å²) in [6.45, 7) is 3.27. The first kappa shape index (κ1) is 16.0. The van der Waals surface area contributed by atoms with Crippen LogP contribution in [0.2, 0.25) is 5.02 Å². The van der Waals surface area contributed by atoms with E-state index in [1.807, 2.05) is 0 Å². The molecule has 0 spiro atoms. The number of aromatic hydroxyl groups is 1. The number of rotatable bonds is 4. The molecule has 1 saturated carbocycles. The summed E-state index contributed by atoms with van der Waals surface area (Å²) in [5, 5.41) is 31.9. The third-order valence-electron chi connectivity index (χ3n) is 3.89. The Morgan fingerprint density at radius 1 is 1.36 bits per heavy atom. The van der Waals surface area contributed by atoms with Crippen LogP contribution in [-0.2, 0) is 9.59 Å². The maximum Gasteiger partial charge on any atom is 0.314 e. The van der Waals surface area contributed by atoms with Crippen molar-refractivity contribution in [2.45, 2.75) is 13.8 Å². The summed E-state index contributed by atoms with van der Waals surface area (Å²) < 4.78 is 0. The third kappa shape index (κ3) is 2.57. The van der Waals surface area contributed by atoms with Crippen molar-refractivity contribution >= 4 is 34.9 Å². The highest BCUT2D eigenvalue weighted by atomic mass is 35.5. The Bertz CT molecular complexity index is 687. The molecular formula is C13H13ClN2O6. The van der Waals surface area contributed by atoms with Crippen molar-refractivity contribution in [3.63, 3.8) is 0 Å². The third-order valence-corrected chi connectivity index (χ3v) is 4.10. The molecule has 0 radical (unpaired) electrons. The van der Waals surface area contributed by atoms with Gasteiger partial charge < -0.3 is 15.5 Å². The molecule has 0 aromatic heterocycles. The molecule has 0 bridgehead atoms. The minimum atomic E-state index is -1.09. The van der Waals surface area contributed by atoms with Gasteiger partial charge in [0.15, 0.2) is 0 Å². The lowest BCUT2D eigenvalue weighted by molar-refractivity contribution is -0.385. The van der Waals surface area contributed by atoms with E-state index in [-0.39, 0.29) is 10.7 Å². The summed E-state index contributed by atoms with van der Waals surface area (Å²) in [7, 11) is 0. The molecule has 3 N–H and O–H groups in total. The van der Waals surface area contributed by atoms with E-state index in [1.165, 1.54) is 0 Å². The SMILES string of the molecule is CC1(C)[C@H](C(=O)O)[C@@H]1C(=O)Nc1cc(Cl)cc([N+](=O)[O-])c1O. The number of anilines is 1. The Labute approximate surface area is 129 Å². The van der Waals surface area contributed by atoms with Crippen molar-refractivity contribution in [2.24, 2.45) is 17.3 Å². The predicted octanol–water partition coefficient (Wildman–Crippen LogP) is 2.25. The number of carbonyl (C=O) groups excluding carboxylic acids is 1. The molecule has 0 saturated heterocycles. The Balaban J connectivity index is 2.27. The number of aliphatic carboxylic acids is 1. The van der Waals surface area contributed by atoms with E-state index < -0.39 is 45.5 Å². The van der Waals surface area contributed by atoms with Crippen LogP contribution >= 0.6 is 11.6 Å². The second-order valence-corrected chi connectivity index (χ2v) is 6.12. The van der Waals surface area contributed by atoms with Crippen LogP contribution in [0.25, 0.3) is 0 Å². The van der Waals surface area contributed by atoms with E-state index in [2.05, 4.69) is 5.32 Å². The van der Waals surface area contributed by atoms with Crippen molar-refractivity contribution in [3.8, 4) is 5.75 Å². The zero-order valence-electron chi connectivity index (χ0n) is 11.7. The first-order valence-electron chi connectivity index (χ1n) is 6.28. The number of hydrogen-bond acceptors (Lipinski definition) is 5. The van der Waals surface area contributed by atoms with E-state index in [1.54, 1.807) is 13.8 Å². The molecule has 2 rings (SSSR count). The van der Waals surface area contributed by atoms with Gasteiger partial charge in [0, 0.05) is 11.1 Å². The van der Waals surface area contributed by atoms with Gasteiger partial charge in [-0.05, 0) is 11.5 Å². The molecule has 8 nitrogen and oxygen atoms in total. The molecule has 1 amide bonds. The number of nitro groups is 1. The molecule has 0 unspecified atom stereocenters. The highest BCUT2D eigenvalue weighted by Crippen LogP contribution is 2.58. The average Bonchev–Trinajstić information content (AvgIpc) is 2.96. The van der Waals surface area contributed by atoms with Gasteiger partial charge in [0.05, 0.1) is 22.4 Å². The van der Waals surface area contributed by atoms with Crippen LogP contribution in [0.3, 0.4) is 0 Å². The quantitative estimate of drug-likeness (QED) is 0.441. The number of carboxylic acids is 1. The Kier molecular flexibility index (Phi) is 3.74. The molecule has 0 heterocycles. The summed E-state index contributed by atoms with van der Waals surface area (Å²) in [6, 6.07) is 2.11. The highest BCUT2D eigenvalue weighted by molar-refractivity contribution is 6.31. The Hall–Kier alpha value is -2.35. The Morgan fingerprint density at radius 3 is 2.41 bits per heavy atom. The molecule has 1 aromatic rings. The second kappa shape index (κ2) is 5.13. The number of nitrogens with one attached hydrogen (secondary N) is 1. The van der Waals surface area contributed by atoms with Gasteiger partial charge in [-0.2, -0.15) is 0 Å². The van der Waals surface area contributed by atoms with Crippen molar-refractivity contribution < 1.29 is 24.7 Å². The smallest absolute Gasteiger partial charge is 0.314 e. The van der Waals surface area contributed by atoms with Crippen LogP contribution in [0.15, 0.2) is 12.1 Å². The molecule has 1 aliphatic rings. The summed E-state index contributed by atoms with van der Waals surface area (Å²) in [4.78, 5) is 33.2. The van der Waals surface area contributed by atoms with Crippen LogP contribution in [0, 0.1) is 27.4 Å². The Morgan fingerprint density at radius 2 is 1.95 bits per heavy atom. The number of phenols is 1. The number of benzene rings is 1. The van der Waals surface area contributed by atoms with E-state index in [0.29, 0.717) is 0 Å². The maximum absolute atomic E-state index is 12.2. The summed E-state index contributed by atoms with van der Waals surface area (Å²) >= 11 is 5.72. The number of phenolic OH excluding ortho intramolecular Hbond substituents is 1. The molecule has 22 heavy (non-hydrogen) atoms. The van der Waals surface area contributed by atoms with E-state index >= 15 is 0 Å². The summed E-state index contributed by atoms with van der Waals surface area (Å²) in [5.41, 5.74) is -1.60. The van der Waals surface area contributed by atoms with Crippen LogP contribution < -0.4 is 5.32 Å². The molecule has 1 fully saturated rings. The highest BCUT2D eigenvalue weighted by Gasteiger charge is 2.65. The molecular weight excluding hydrogens is 316 g/mol. The van der Waals surface area contributed by atoms with Crippen LogP contribution in [0.1, 0.15) is 13.8 Å². The van der Waals surface area contributed by atoms with Crippen molar-refractivity contribution in [1.82, 2.24) is 0 Å².